The Morgan fingerprint density at radius 1 is 1.65 bits per heavy atom. The summed E-state index contributed by atoms with van der Waals surface area (Å²) in [7, 11) is 0. The molecule has 0 saturated heterocycles. The predicted molar refractivity (Wildman–Crippen MR) is 71.8 cm³/mol. The molecule has 1 heterocycles. The summed E-state index contributed by atoms with van der Waals surface area (Å²) in [5, 5.41) is 2.81. The molecule has 0 saturated carbocycles. The summed E-state index contributed by atoms with van der Waals surface area (Å²) in [5.74, 6) is 0.793. The van der Waals surface area contributed by atoms with Crippen LogP contribution in [0.15, 0.2) is 18.3 Å². The van der Waals surface area contributed by atoms with Crippen LogP contribution in [-0.4, -0.2) is 28.9 Å². The highest BCUT2D eigenvalue weighted by atomic mass is 32.2. The van der Waals surface area contributed by atoms with Gasteiger partial charge in [-0.3, -0.25) is 9.78 Å². The van der Waals surface area contributed by atoms with Crippen LogP contribution in [0.3, 0.4) is 0 Å². The third-order valence-corrected chi connectivity index (χ3v) is 3.16. The van der Waals surface area contributed by atoms with Crippen molar-refractivity contribution in [2.24, 2.45) is 5.73 Å². The van der Waals surface area contributed by atoms with Gasteiger partial charge in [0.25, 0.3) is 0 Å². The van der Waals surface area contributed by atoms with Gasteiger partial charge in [-0.1, -0.05) is 6.07 Å². The fourth-order valence-electron chi connectivity index (χ4n) is 1.38. The van der Waals surface area contributed by atoms with E-state index < -0.39 is 6.04 Å². The van der Waals surface area contributed by atoms with Crippen molar-refractivity contribution in [1.29, 1.82) is 0 Å². The molecule has 0 aliphatic rings. The topological polar surface area (TPSA) is 68.0 Å². The zero-order valence-electron chi connectivity index (χ0n) is 10.3. The van der Waals surface area contributed by atoms with Gasteiger partial charge in [-0.2, -0.15) is 11.8 Å². The third kappa shape index (κ3) is 4.75. The smallest absolute Gasteiger partial charge is 0.237 e. The van der Waals surface area contributed by atoms with Crippen LogP contribution in [0.5, 0.6) is 0 Å². The lowest BCUT2D eigenvalue weighted by Gasteiger charge is -2.12. The van der Waals surface area contributed by atoms with Gasteiger partial charge in [-0.15, -0.1) is 0 Å². The number of nitrogens with zero attached hydrogens (tertiary/aromatic N) is 1. The van der Waals surface area contributed by atoms with Crippen LogP contribution < -0.4 is 11.1 Å². The minimum Gasteiger partial charge on any atom is -0.349 e. The second-order valence-electron chi connectivity index (χ2n) is 3.87. The van der Waals surface area contributed by atoms with E-state index in [1.807, 2.05) is 25.3 Å². The Bertz CT molecular complexity index is 371. The molecule has 1 atom stereocenters. The van der Waals surface area contributed by atoms with E-state index in [-0.39, 0.29) is 5.91 Å². The maximum absolute atomic E-state index is 11.7. The zero-order valence-corrected chi connectivity index (χ0v) is 11.1. The molecule has 0 aromatic carbocycles. The van der Waals surface area contributed by atoms with Gasteiger partial charge in [0.2, 0.25) is 5.91 Å². The molecular weight excluding hydrogens is 234 g/mol. The van der Waals surface area contributed by atoms with E-state index in [2.05, 4.69) is 10.3 Å². The fraction of sp³-hybridized carbons (Fsp3) is 0.500. The van der Waals surface area contributed by atoms with Crippen molar-refractivity contribution in [3.63, 3.8) is 0 Å². The standard InChI is InChI=1S/C12H19N3OS/c1-9-4-3-6-14-11(9)8-15-12(16)10(13)5-7-17-2/h3-4,6,10H,5,7-8,13H2,1-2H3,(H,15,16)/t10-/m0/s1. The number of hydrogen-bond acceptors (Lipinski definition) is 4. The first-order chi connectivity index (χ1) is 8.15. The van der Waals surface area contributed by atoms with Crippen LogP contribution in [0.1, 0.15) is 17.7 Å². The molecule has 5 heteroatoms. The van der Waals surface area contributed by atoms with E-state index >= 15 is 0 Å². The Labute approximate surface area is 106 Å². The SMILES string of the molecule is CSCC[C@H](N)C(=O)NCc1ncccc1C. The average molecular weight is 253 g/mol. The van der Waals surface area contributed by atoms with E-state index in [1.165, 1.54) is 0 Å². The second kappa shape index (κ2) is 7.29. The Hall–Kier alpha value is -1.07. The van der Waals surface area contributed by atoms with E-state index in [1.54, 1.807) is 18.0 Å². The molecule has 1 rings (SSSR count). The van der Waals surface area contributed by atoms with Crippen molar-refractivity contribution in [1.82, 2.24) is 10.3 Å². The van der Waals surface area contributed by atoms with E-state index in [9.17, 15) is 4.79 Å². The van der Waals surface area contributed by atoms with Crippen molar-refractivity contribution in [3.05, 3.63) is 29.6 Å². The van der Waals surface area contributed by atoms with Gasteiger partial charge in [0.1, 0.15) is 0 Å². The highest BCUT2D eigenvalue weighted by Crippen LogP contribution is 2.03. The Kier molecular flexibility index (Phi) is 6.00. The molecule has 0 spiro atoms. The highest BCUT2D eigenvalue weighted by Gasteiger charge is 2.12. The van der Waals surface area contributed by atoms with Crippen molar-refractivity contribution in [2.75, 3.05) is 12.0 Å². The molecule has 1 amide bonds. The lowest BCUT2D eigenvalue weighted by Crippen LogP contribution is -2.40. The first-order valence-electron chi connectivity index (χ1n) is 5.58. The second-order valence-corrected chi connectivity index (χ2v) is 4.86. The molecule has 0 unspecified atom stereocenters. The van der Waals surface area contributed by atoms with Crippen molar-refractivity contribution in [2.45, 2.75) is 25.9 Å². The molecule has 0 bridgehead atoms. The summed E-state index contributed by atoms with van der Waals surface area (Å²) in [6, 6.07) is 3.43. The number of aryl methyl sites for hydroxylation is 1. The average Bonchev–Trinajstić information content (AvgIpc) is 2.34. The Morgan fingerprint density at radius 2 is 2.41 bits per heavy atom. The number of carbonyl (C=O) groups is 1. The molecule has 0 fully saturated rings. The number of rotatable bonds is 6. The molecule has 94 valence electrons. The molecular formula is C12H19N3OS. The van der Waals surface area contributed by atoms with Crippen molar-refractivity contribution >= 4 is 17.7 Å². The number of pyridine rings is 1. The first kappa shape index (κ1) is 14.0. The fourth-order valence-corrected chi connectivity index (χ4v) is 1.87. The van der Waals surface area contributed by atoms with Gasteiger partial charge in [-0.05, 0) is 37.0 Å². The monoisotopic (exact) mass is 253 g/mol. The lowest BCUT2D eigenvalue weighted by atomic mass is 10.2. The third-order valence-electron chi connectivity index (χ3n) is 2.52. The molecule has 17 heavy (non-hydrogen) atoms. The van der Waals surface area contributed by atoms with Crippen LogP contribution in [0, 0.1) is 6.92 Å². The minimum absolute atomic E-state index is 0.107. The van der Waals surface area contributed by atoms with Crippen molar-refractivity contribution < 1.29 is 4.79 Å². The van der Waals surface area contributed by atoms with Crippen molar-refractivity contribution in [3.8, 4) is 0 Å². The largest absolute Gasteiger partial charge is 0.349 e. The van der Waals surface area contributed by atoms with Crippen LogP contribution in [0.25, 0.3) is 0 Å². The van der Waals surface area contributed by atoms with Crippen LogP contribution in [-0.2, 0) is 11.3 Å². The van der Waals surface area contributed by atoms with Gasteiger partial charge >= 0.3 is 0 Å². The first-order valence-corrected chi connectivity index (χ1v) is 6.97. The van der Waals surface area contributed by atoms with Crippen LogP contribution in [0.4, 0.5) is 0 Å². The molecule has 0 aliphatic carbocycles. The maximum atomic E-state index is 11.7. The molecule has 3 N–H and O–H groups in total. The summed E-state index contributed by atoms with van der Waals surface area (Å²) < 4.78 is 0. The Balaban J connectivity index is 2.40. The van der Waals surface area contributed by atoms with Gasteiger partial charge in [-0.25, -0.2) is 0 Å². The van der Waals surface area contributed by atoms with Gasteiger partial charge in [0.15, 0.2) is 0 Å². The maximum Gasteiger partial charge on any atom is 0.237 e. The van der Waals surface area contributed by atoms with E-state index in [4.69, 9.17) is 5.73 Å². The van der Waals surface area contributed by atoms with E-state index in [0.717, 1.165) is 17.0 Å². The number of nitrogens with one attached hydrogen (secondary N) is 1. The Morgan fingerprint density at radius 3 is 3.06 bits per heavy atom. The number of aromatic nitrogens is 1. The molecule has 1 aromatic heterocycles. The zero-order chi connectivity index (χ0) is 12.7. The summed E-state index contributed by atoms with van der Waals surface area (Å²) in [6.07, 6.45) is 4.43. The number of nitrogens with two attached hydrogens (primary N) is 1. The molecule has 1 aromatic rings. The minimum atomic E-state index is -0.425. The predicted octanol–water partition coefficient (Wildman–Crippen LogP) is 1.09. The highest BCUT2D eigenvalue weighted by molar-refractivity contribution is 7.98. The quantitative estimate of drug-likeness (QED) is 0.796. The summed E-state index contributed by atoms with van der Waals surface area (Å²) in [5.41, 5.74) is 7.72. The van der Waals surface area contributed by atoms with E-state index in [0.29, 0.717) is 13.0 Å². The number of amides is 1. The summed E-state index contributed by atoms with van der Waals surface area (Å²) in [6.45, 7) is 2.42. The number of carbonyl (C=O) groups excluding carboxylic acids is 1. The number of hydrogen-bond donors (Lipinski definition) is 2. The number of thioether (sulfide) groups is 1. The molecule has 0 radical (unpaired) electrons. The van der Waals surface area contributed by atoms with Gasteiger partial charge in [0.05, 0.1) is 18.3 Å². The summed E-state index contributed by atoms with van der Waals surface area (Å²) in [4.78, 5) is 15.9. The van der Waals surface area contributed by atoms with Crippen LogP contribution in [0.2, 0.25) is 0 Å². The molecule has 4 nitrogen and oxygen atoms in total. The lowest BCUT2D eigenvalue weighted by molar-refractivity contribution is -0.122. The normalized spacial score (nSPS) is 12.2. The molecule has 0 aliphatic heterocycles. The van der Waals surface area contributed by atoms with Gasteiger partial charge in [0, 0.05) is 6.20 Å². The van der Waals surface area contributed by atoms with Gasteiger partial charge < -0.3 is 11.1 Å². The summed E-state index contributed by atoms with van der Waals surface area (Å²) >= 11 is 1.69. The van der Waals surface area contributed by atoms with Crippen LogP contribution >= 0.6 is 11.8 Å².